The third kappa shape index (κ3) is 5.02. The lowest BCUT2D eigenvalue weighted by Gasteiger charge is -2.31. The van der Waals surface area contributed by atoms with Crippen molar-refractivity contribution in [1.82, 2.24) is 9.62 Å². The predicted octanol–water partition coefficient (Wildman–Crippen LogP) is 0.799. The Morgan fingerprint density at radius 2 is 1.84 bits per heavy atom. The number of sulfonamides is 1. The van der Waals surface area contributed by atoms with Crippen LogP contribution in [0.3, 0.4) is 0 Å². The monoisotopic (exact) mass is 292 g/mol. The largest absolute Gasteiger partial charge is 0.395 e. The molecule has 0 bridgehead atoms. The molecule has 19 heavy (non-hydrogen) atoms. The fourth-order valence-electron chi connectivity index (χ4n) is 2.79. The molecule has 0 amide bonds. The molecule has 0 unspecified atom stereocenters. The van der Waals surface area contributed by atoms with E-state index in [2.05, 4.69) is 5.32 Å². The van der Waals surface area contributed by atoms with Gasteiger partial charge in [0.05, 0.1) is 12.4 Å². The van der Waals surface area contributed by atoms with E-state index in [4.69, 9.17) is 5.11 Å². The molecular formula is C13H28N2O3S. The van der Waals surface area contributed by atoms with Crippen molar-refractivity contribution in [1.29, 1.82) is 0 Å². The van der Waals surface area contributed by atoms with Crippen LogP contribution in [0.1, 0.15) is 39.5 Å². The fourth-order valence-corrected chi connectivity index (χ4v) is 5.02. The Labute approximate surface area is 117 Å². The van der Waals surface area contributed by atoms with Gasteiger partial charge in [0.1, 0.15) is 0 Å². The van der Waals surface area contributed by atoms with Crippen LogP contribution in [0.5, 0.6) is 0 Å². The molecule has 5 nitrogen and oxygen atoms in total. The third-order valence-corrected chi connectivity index (χ3v) is 6.02. The van der Waals surface area contributed by atoms with E-state index >= 15 is 0 Å². The van der Waals surface area contributed by atoms with Gasteiger partial charge in [0.25, 0.3) is 0 Å². The molecule has 1 aliphatic heterocycles. The molecule has 1 rings (SSSR count). The lowest BCUT2D eigenvalue weighted by atomic mass is 10.0. The number of rotatable bonds is 8. The quantitative estimate of drug-likeness (QED) is 0.694. The van der Waals surface area contributed by atoms with Crippen LogP contribution in [-0.2, 0) is 10.0 Å². The van der Waals surface area contributed by atoms with Crippen LogP contribution in [-0.4, -0.2) is 55.9 Å². The highest BCUT2D eigenvalue weighted by Crippen LogP contribution is 2.20. The molecule has 0 aliphatic carbocycles. The van der Waals surface area contributed by atoms with Crippen LogP contribution in [0.25, 0.3) is 0 Å². The average molecular weight is 292 g/mol. The van der Waals surface area contributed by atoms with Crippen molar-refractivity contribution in [3.05, 3.63) is 0 Å². The summed E-state index contributed by atoms with van der Waals surface area (Å²) < 4.78 is 26.6. The average Bonchev–Trinajstić information content (AvgIpc) is 2.39. The van der Waals surface area contributed by atoms with E-state index in [0.29, 0.717) is 0 Å². The molecule has 0 aromatic rings. The van der Waals surface area contributed by atoms with Crippen molar-refractivity contribution < 1.29 is 13.5 Å². The third-order valence-electron chi connectivity index (χ3n) is 3.93. The molecule has 0 radical (unpaired) electrons. The van der Waals surface area contributed by atoms with Gasteiger partial charge in [-0.05, 0) is 44.7 Å². The smallest absolute Gasteiger partial charge is 0.214 e. The number of nitrogens with zero attached hydrogens (tertiary/aromatic N) is 1. The van der Waals surface area contributed by atoms with E-state index < -0.39 is 10.0 Å². The van der Waals surface area contributed by atoms with Gasteiger partial charge in [-0.1, -0.05) is 13.8 Å². The van der Waals surface area contributed by atoms with Crippen LogP contribution in [0.15, 0.2) is 0 Å². The maximum Gasteiger partial charge on any atom is 0.214 e. The molecule has 6 heteroatoms. The van der Waals surface area contributed by atoms with Gasteiger partial charge in [0, 0.05) is 12.6 Å². The van der Waals surface area contributed by atoms with Gasteiger partial charge < -0.3 is 10.4 Å². The zero-order valence-electron chi connectivity index (χ0n) is 12.1. The summed E-state index contributed by atoms with van der Waals surface area (Å²) in [6.07, 6.45) is 3.44. The maximum absolute atomic E-state index is 12.5. The summed E-state index contributed by atoms with van der Waals surface area (Å²) in [5.74, 6) is 0.479. The molecule has 1 heterocycles. The molecule has 0 saturated carbocycles. The molecule has 1 fully saturated rings. The first-order chi connectivity index (χ1) is 9.05. The summed E-state index contributed by atoms with van der Waals surface area (Å²) in [6, 6.07) is 0.0128. The summed E-state index contributed by atoms with van der Waals surface area (Å²) in [6.45, 7) is 5.93. The number of nitrogens with one attached hydrogen (secondary N) is 1. The summed E-state index contributed by atoms with van der Waals surface area (Å²) in [4.78, 5) is 0. The highest BCUT2D eigenvalue weighted by molar-refractivity contribution is 7.89. The zero-order chi connectivity index (χ0) is 14.3. The Hall–Kier alpha value is -0.170. The van der Waals surface area contributed by atoms with Crippen LogP contribution >= 0.6 is 0 Å². The molecule has 0 spiro atoms. The normalized spacial score (nSPS) is 18.4. The van der Waals surface area contributed by atoms with Gasteiger partial charge in [-0.3, -0.25) is 0 Å². The zero-order valence-corrected chi connectivity index (χ0v) is 13.0. The molecule has 114 valence electrons. The second kappa shape index (κ2) is 8.19. The Morgan fingerprint density at radius 1 is 1.26 bits per heavy atom. The molecule has 0 aromatic heterocycles. The number of piperidine rings is 1. The second-order valence-electron chi connectivity index (χ2n) is 5.28. The highest BCUT2D eigenvalue weighted by Gasteiger charge is 2.30. The van der Waals surface area contributed by atoms with E-state index in [1.807, 2.05) is 13.8 Å². The van der Waals surface area contributed by atoms with Gasteiger partial charge in [-0.15, -0.1) is 0 Å². The second-order valence-corrected chi connectivity index (χ2v) is 7.24. The van der Waals surface area contributed by atoms with Gasteiger partial charge in [-0.25, -0.2) is 8.42 Å². The minimum atomic E-state index is -3.26. The maximum atomic E-state index is 12.5. The highest BCUT2D eigenvalue weighted by atomic mass is 32.2. The van der Waals surface area contributed by atoms with Crippen molar-refractivity contribution in [2.75, 3.05) is 32.0 Å². The summed E-state index contributed by atoms with van der Waals surface area (Å²) in [5.41, 5.74) is 0. The van der Waals surface area contributed by atoms with Gasteiger partial charge in [-0.2, -0.15) is 4.31 Å². The molecule has 0 atom stereocenters. The van der Waals surface area contributed by atoms with E-state index in [1.165, 1.54) is 4.31 Å². The first-order valence-corrected chi connectivity index (χ1v) is 8.97. The summed E-state index contributed by atoms with van der Waals surface area (Å²) in [7, 11) is -3.26. The first-order valence-electron chi connectivity index (χ1n) is 7.36. The lowest BCUT2D eigenvalue weighted by molar-refractivity contribution is 0.218. The lowest BCUT2D eigenvalue weighted by Crippen LogP contribution is -2.44. The molecule has 2 N–H and O–H groups in total. The topological polar surface area (TPSA) is 69.6 Å². The molecule has 1 aliphatic rings. The van der Waals surface area contributed by atoms with Gasteiger partial charge in [0.15, 0.2) is 0 Å². The summed E-state index contributed by atoms with van der Waals surface area (Å²) in [5, 5.41) is 12.4. The molecule has 0 aromatic carbocycles. The minimum absolute atomic E-state index is 0.0128. The minimum Gasteiger partial charge on any atom is -0.395 e. The van der Waals surface area contributed by atoms with Crippen molar-refractivity contribution >= 4 is 10.0 Å². The number of hydrogen-bond acceptors (Lipinski definition) is 4. The van der Waals surface area contributed by atoms with Crippen LogP contribution < -0.4 is 5.32 Å². The van der Waals surface area contributed by atoms with Crippen molar-refractivity contribution in [2.45, 2.75) is 45.6 Å². The standard InChI is InChI=1S/C13H28N2O3S/c1-3-13(4-2)15(9-10-16)19(17,18)11-12-5-7-14-8-6-12/h12-14,16H,3-11H2,1-2H3. The SMILES string of the molecule is CCC(CC)N(CCO)S(=O)(=O)CC1CCNCC1. The van der Waals surface area contributed by atoms with Crippen molar-refractivity contribution in [3.63, 3.8) is 0 Å². The van der Waals surface area contributed by atoms with Crippen molar-refractivity contribution in [3.8, 4) is 0 Å². The number of aliphatic hydroxyl groups excluding tert-OH is 1. The van der Waals surface area contributed by atoms with Crippen LogP contribution in [0.2, 0.25) is 0 Å². The Bertz CT molecular complexity index is 336. The van der Waals surface area contributed by atoms with E-state index in [0.717, 1.165) is 38.8 Å². The molecule has 1 saturated heterocycles. The first kappa shape index (κ1) is 16.9. The Morgan fingerprint density at radius 3 is 2.32 bits per heavy atom. The van der Waals surface area contributed by atoms with E-state index in [1.54, 1.807) is 0 Å². The van der Waals surface area contributed by atoms with E-state index in [9.17, 15) is 8.42 Å². The predicted molar refractivity (Wildman–Crippen MR) is 77.5 cm³/mol. The van der Waals surface area contributed by atoms with E-state index in [-0.39, 0.29) is 30.9 Å². The number of hydrogen-bond donors (Lipinski definition) is 2. The molecular weight excluding hydrogens is 264 g/mol. The van der Waals surface area contributed by atoms with Crippen molar-refractivity contribution in [2.24, 2.45) is 5.92 Å². The van der Waals surface area contributed by atoms with Gasteiger partial charge >= 0.3 is 0 Å². The van der Waals surface area contributed by atoms with Gasteiger partial charge in [0.2, 0.25) is 10.0 Å². The fraction of sp³-hybridized carbons (Fsp3) is 1.00. The Balaban J connectivity index is 2.73. The number of aliphatic hydroxyl groups is 1. The Kier molecular flexibility index (Phi) is 7.28. The van der Waals surface area contributed by atoms with Crippen LogP contribution in [0, 0.1) is 5.92 Å². The summed E-state index contributed by atoms with van der Waals surface area (Å²) >= 11 is 0. The van der Waals surface area contributed by atoms with Crippen LogP contribution in [0.4, 0.5) is 0 Å².